The summed E-state index contributed by atoms with van der Waals surface area (Å²) in [6, 6.07) is 4.72. The van der Waals surface area contributed by atoms with Crippen molar-refractivity contribution in [2.45, 2.75) is 12.3 Å². The third kappa shape index (κ3) is 3.78. The maximum atomic E-state index is 13.7. The maximum absolute atomic E-state index is 13.7. The molecule has 3 nitrogen and oxygen atoms in total. The van der Waals surface area contributed by atoms with Crippen molar-refractivity contribution in [3.63, 3.8) is 0 Å². The fourth-order valence-corrected chi connectivity index (χ4v) is 1.37. The molecule has 0 amide bonds. The number of carboxylic acids is 1. The summed E-state index contributed by atoms with van der Waals surface area (Å²) in [5.41, 5.74) is -0.137. The maximum Gasteiger partial charge on any atom is 0.335 e. The van der Waals surface area contributed by atoms with E-state index >= 15 is 0 Å². The molecular formula is C12H15F2NO2. The molecule has 0 saturated heterocycles. The van der Waals surface area contributed by atoms with E-state index in [1.807, 2.05) is 0 Å². The van der Waals surface area contributed by atoms with Crippen LogP contribution in [0, 0.1) is 0 Å². The number of halogens is 2. The normalized spacial score (nSPS) is 11.8. The molecule has 1 N–H and O–H groups in total. The zero-order valence-electron chi connectivity index (χ0n) is 9.78. The van der Waals surface area contributed by atoms with Gasteiger partial charge in [0.25, 0.3) is 5.92 Å². The molecule has 0 saturated carbocycles. The smallest absolute Gasteiger partial charge is 0.335 e. The van der Waals surface area contributed by atoms with Gasteiger partial charge in [-0.25, -0.2) is 13.6 Å². The second kappa shape index (κ2) is 5.23. The summed E-state index contributed by atoms with van der Waals surface area (Å²) >= 11 is 0. The van der Waals surface area contributed by atoms with Crippen molar-refractivity contribution in [3.05, 3.63) is 35.4 Å². The average Bonchev–Trinajstić information content (AvgIpc) is 2.27. The number of nitrogens with zero attached hydrogens (tertiary/aromatic N) is 1. The quantitative estimate of drug-likeness (QED) is 0.863. The highest BCUT2D eigenvalue weighted by molar-refractivity contribution is 5.87. The van der Waals surface area contributed by atoms with Crippen LogP contribution in [-0.2, 0) is 5.92 Å². The van der Waals surface area contributed by atoms with E-state index in [-0.39, 0.29) is 24.1 Å². The van der Waals surface area contributed by atoms with E-state index in [4.69, 9.17) is 5.11 Å². The predicted molar refractivity (Wildman–Crippen MR) is 60.5 cm³/mol. The van der Waals surface area contributed by atoms with Gasteiger partial charge in [0.1, 0.15) is 0 Å². The predicted octanol–water partition coefficient (Wildman–Crippen LogP) is 2.43. The van der Waals surface area contributed by atoms with Gasteiger partial charge in [0, 0.05) is 18.5 Å². The number of alkyl halides is 2. The van der Waals surface area contributed by atoms with Crippen molar-refractivity contribution >= 4 is 5.97 Å². The van der Waals surface area contributed by atoms with Gasteiger partial charge in [-0.3, -0.25) is 0 Å². The molecule has 0 fully saturated rings. The van der Waals surface area contributed by atoms with E-state index in [0.717, 1.165) is 0 Å². The first-order valence-electron chi connectivity index (χ1n) is 5.19. The van der Waals surface area contributed by atoms with Gasteiger partial charge in [-0.1, -0.05) is 12.1 Å². The number of hydrogen-bond donors (Lipinski definition) is 1. The number of carboxylic acid groups (broad SMARTS) is 1. The summed E-state index contributed by atoms with van der Waals surface area (Å²) in [6.45, 7) is 0.272. The standard InChI is InChI=1S/C12H15F2NO2/c1-15(2)8-7-12(13,14)10-5-3-9(4-6-10)11(16)17/h3-6H,7-8H2,1-2H3,(H,16,17). The van der Waals surface area contributed by atoms with Crippen molar-refractivity contribution in [3.8, 4) is 0 Å². The average molecular weight is 243 g/mol. The van der Waals surface area contributed by atoms with Gasteiger partial charge >= 0.3 is 5.97 Å². The van der Waals surface area contributed by atoms with Gasteiger partial charge in [-0.2, -0.15) is 0 Å². The zero-order valence-corrected chi connectivity index (χ0v) is 9.78. The third-order valence-electron chi connectivity index (χ3n) is 2.43. The Bertz CT molecular complexity index is 388. The summed E-state index contributed by atoms with van der Waals surface area (Å²) in [5, 5.41) is 8.66. The molecule has 0 aliphatic heterocycles. The lowest BCUT2D eigenvalue weighted by Crippen LogP contribution is -2.22. The number of hydrogen-bond acceptors (Lipinski definition) is 2. The van der Waals surface area contributed by atoms with Crippen LogP contribution in [0.15, 0.2) is 24.3 Å². The van der Waals surface area contributed by atoms with Crippen LogP contribution in [-0.4, -0.2) is 36.6 Å². The lowest BCUT2D eigenvalue weighted by atomic mass is 10.0. The highest BCUT2D eigenvalue weighted by Crippen LogP contribution is 2.31. The van der Waals surface area contributed by atoms with Crippen LogP contribution in [0.2, 0.25) is 0 Å². The van der Waals surface area contributed by atoms with Crippen molar-refractivity contribution in [2.24, 2.45) is 0 Å². The van der Waals surface area contributed by atoms with E-state index in [1.54, 1.807) is 19.0 Å². The van der Waals surface area contributed by atoms with E-state index in [9.17, 15) is 13.6 Å². The van der Waals surface area contributed by atoms with Gasteiger partial charge in [0.15, 0.2) is 0 Å². The first-order valence-corrected chi connectivity index (χ1v) is 5.19. The molecule has 1 rings (SSSR count). The number of rotatable bonds is 5. The molecular weight excluding hydrogens is 228 g/mol. The Balaban J connectivity index is 2.80. The van der Waals surface area contributed by atoms with Crippen molar-refractivity contribution in [2.75, 3.05) is 20.6 Å². The largest absolute Gasteiger partial charge is 0.478 e. The molecule has 0 spiro atoms. The summed E-state index contributed by atoms with van der Waals surface area (Å²) in [5.74, 6) is -4.05. The van der Waals surface area contributed by atoms with E-state index < -0.39 is 11.9 Å². The van der Waals surface area contributed by atoms with E-state index in [0.29, 0.717) is 0 Å². The summed E-state index contributed by atoms with van der Waals surface area (Å²) in [6.07, 6.45) is -0.285. The Morgan fingerprint density at radius 2 is 1.82 bits per heavy atom. The van der Waals surface area contributed by atoms with Crippen LogP contribution < -0.4 is 0 Å². The van der Waals surface area contributed by atoms with Crippen LogP contribution in [0.3, 0.4) is 0 Å². The highest BCUT2D eigenvalue weighted by atomic mass is 19.3. The first-order chi connectivity index (χ1) is 7.83. The summed E-state index contributed by atoms with van der Waals surface area (Å²) < 4.78 is 27.4. The van der Waals surface area contributed by atoms with Crippen LogP contribution in [0.5, 0.6) is 0 Å². The Kier molecular flexibility index (Phi) is 4.17. The zero-order chi connectivity index (χ0) is 13.1. The first kappa shape index (κ1) is 13.6. The molecule has 0 aromatic heterocycles. The van der Waals surface area contributed by atoms with Gasteiger partial charge in [-0.05, 0) is 26.2 Å². The van der Waals surface area contributed by atoms with E-state index in [1.165, 1.54) is 24.3 Å². The molecule has 0 bridgehead atoms. The Labute approximate surface area is 98.7 Å². The van der Waals surface area contributed by atoms with Gasteiger partial charge in [0.05, 0.1) is 5.56 Å². The van der Waals surface area contributed by atoms with Crippen LogP contribution >= 0.6 is 0 Å². The number of aromatic carboxylic acids is 1. The molecule has 0 aliphatic carbocycles. The Hall–Kier alpha value is -1.49. The second-order valence-corrected chi connectivity index (χ2v) is 4.14. The molecule has 1 aromatic carbocycles. The minimum absolute atomic E-state index is 0.0113. The van der Waals surface area contributed by atoms with E-state index in [2.05, 4.69) is 0 Å². The lowest BCUT2D eigenvalue weighted by Gasteiger charge is -2.19. The molecule has 17 heavy (non-hydrogen) atoms. The molecule has 1 aromatic rings. The van der Waals surface area contributed by atoms with Crippen molar-refractivity contribution in [1.29, 1.82) is 0 Å². The molecule has 0 atom stereocenters. The molecule has 0 unspecified atom stereocenters. The van der Waals surface area contributed by atoms with Crippen molar-refractivity contribution < 1.29 is 18.7 Å². The topological polar surface area (TPSA) is 40.5 Å². The Morgan fingerprint density at radius 1 is 1.29 bits per heavy atom. The monoisotopic (exact) mass is 243 g/mol. The number of carbonyl (C=O) groups is 1. The fraction of sp³-hybridized carbons (Fsp3) is 0.417. The molecule has 94 valence electrons. The SMILES string of the molecule is CN(C)CCC(F)(F)c1ccc(C(=O)O)cc1. The van der Waals surface area contributed by atoms with Gasteiger partial charge < -0.3 is 10.0 Å². The van der Waals surface area contributed by atoms with Crippen molar-refractivity contribution in [1.82, 2.24) is 4.90 Å². The molecule has 0 aliphatic rings. The van der Waals surface area contributed by atoms with Crippen LogP contribution in [0.25, 0.3) is 0 Å². The molecule has 5 heteroatoms. The Morgan fingerprint density at radius 3 is 2.24 bits per heavy atom. The van der Waals surface area contributed by atoms with Crippen LogP contribution in [0.4, 0.5) is 8.78 Å². The summed E-state index contributed by atoms with van der Waals surface area (Å²) in [7, 11) is 3.45. The fourth-order valence-electron chi connectivity index (χ4n) is 1.37. The highest BCUT2D eigenvalue weighted by Gasteiger charge is 2.31. The third-order valence-corrected chi connectivity index (χ3v) is 2.43. The summed E-state index contributed by atoms with van der Waals surface area (Å²) in [4.78, 5) is 12.3. The van der Waals surface area contributed by atoms with Gasteiger partial charge in [0.2, 0.25) is 0 Å². The van der Waals surface area contributed by atoms with Crippen LogP contribution in [0.1, 0.15) is 22.3 Å². The minimum atomic E-state index is -2.93. The lowest BCUT2D eigenvalue weighted by molar-refractivity contribution is -0.0188. The number of benzene rings is 1. The molecule has 0 heterocycles. The van der Waals surface area contributed by atoms with Gasteiger partial charge in [-0.15, -0.1) is 0 Å². The minimum Gasteiger partial charge on any atom is -0.478 e. The second-order valence-electron chi connectivity index (χ2n) is 4.14. The molecule has 0 radical (unpaired) electrons.